The summed E-state index contributed by atoms with van der Waals surface area (Å²) in [5, 5.41) is 9.58. The third-order valence-electron chi connectivity index (χ3n) is 2.95. The van der Waals surface area contributed by atoms with Crippen LogP contribution < -0.4 is 4.72 Å². The zero-order chi connectivity index (χ0) is 11.6. The maximum absolute atomic E-state index is 11.8. The first-order valence-electron chi connectivity index (χ1n) is 5.60. The predicted molar refractivity (Wildman–Crippen MR) is 58.0 cm³/mol. The van der Waals surface area contributed by atoms with Crippen molar-refractivity contribution in [3.05, 3.63) is 0 Å². The predicted octanol–water partition coefficient (Wildman–Crippen LogP) is -1.08. The maximum atomic E-state index is 11.8. The Labute approximate surface area is 95.8 Å². The summed E-state index contributed by atoms with van der Waals surface area (Å²) in [4.78, 5) is 0. The molecule has 7 heteroatoms. The van der Waals surface area contributed by atoms with Gasteiger partial charge in [0.05, 0.1) is 19.3 Å². The van der Waals surface area contributed by atoms with Gasteiger partial charge in [-0.1, -0.05) is 0 Å². The molecule has 0 aromatic heterocycles. The van der Waals surface area contributed by atoms with Crippen LogP contribution in [-0.4, -0.2) is 56.8 Å². The number of ether oxygens (including phenoxy) is 1. The van der Waals surface area contributed by atoms with Gasteiger partial charge in [0.15, 0.2) is 0 Å². The van der Waals surface area contributed by atoms with Gasteiger partial charge in [0.25, 0.3) is 10.2 Å². The molecule has 1 saturated carbocycles. The normalized spacial score (nSPS) is 25.6. The quantitative estimate of drug-likeness (QED) is 0.651. The molecule has 2 rings (SSSR count). The number of aliphatic hydroxyl groups excluding tert-OH is 1. The molecule has 16 heavy (non-hydrogen) atoms. The molecule has 0 aromatic rings. The highest BCUT2D eigenvalue weighted by Gasteiger charge is 2.31. The van der Waals surface area contributed by atoms with Gasteiger partial charge in [-0.3, -0.25) is 0 Å². The van der Waals surface area contributed by atoms with Gasteiger partial charge in [-0.05, 0) is 18.8 Å². The molecule has 6 nitrogen and oxygen atoms in total. The molecular formula is C9H18N2O4S. The Hall–Kier alpha value is -0.210. The minimum absolute atomic E-state index is 0.115. The minimum Gasteiger partial charge on any atom is -0.391 e. The molecule has 1 saturated heterocycles. The second kappa shape index (κ2) is 4.97. The fourth-order valence-electron chi connectivity index (χ4n) is 1.72. The molecule has 0 aromatic carbocycles. The zero-order valence-corrected chi connectivity index (χ0v) is 9.95. The van der Waals surface area contributed by atoms with E-state index in [1.54, 1.807) is 0 Å². The van der Waals surface area contributed by atoms with Crippen molar-refractivity contribution in [1.82, 2.24) is 9.03 Å². The lowest BCUT2D eigenvalue weighted by atomic mass is 10.2. The Morgan fingerprint density at radius 3 is 2.56 bits per heavy atom. The molecule has 94 valence electrons. The second-order valence-electron chi connectivity index (χ2n) is 4.27. The fourth-order valence-corrected chi connectivity index (χ4v) is 2.91. The van der Waals surface area contributed by atoms with E-state index in [4.69, 9.17) is 4.74 Å². The van der Waals surface area contributed by atoms with Gasteiger partial charge >= 0.3 is 0 Å². The molecule has 0 amide bonds. The fraction of sp³-hybridized carbons (Fsp3) is 1.00. The van der Waals surface area contributed by atoms with E-state index in [0.717, 1.165) is 12.8 Å². The average Bonchev–Trinajstić information content (AvgIpc) is 3.11. The van der Waals surface area contributed by atoms with Crippen LogP contribution >= 0.6 is 0 Å². The van der Waals surface area contributed by atoms with Crippen LogP contribution in [0.1, 0.15) is 12.8 Å². The highest BCUT2D eigenvalue weighted by atomic mass is 32.2. The molecule has 0 bridgehead atoms. The number of hydrogen-bond acceptors (Lipinski definition) is 4. The molecule has 0 radical (unpaired) electrons. The highest BCUT2D eigenvalue weighted by molar-refractivity contribution is 7.87. The standard InChI is InChI=1S/C9H18N2O4S/c12-9(8-1-2-8)7-10-16(13,14)11-3-5-15-6-4-11/h8-10,12H,1-7H2. The first-order valence-corrected chi connectivity index (χ1v) is 7.04. The Morgan fingerprint density at radius 2 is 2.00 bits per heavy atom. The third kappa shape index (κ3) is 3.14. The molecule has 2 aliphatic rings. The lowest BCUT2D eigenvalue weighted by molar-refractivity contribution is 0.0720. The molecule has 0 spiro atoms. The van der Waals surface area contributed by atoms with Gasteiger partial charge < -0.3 is 9.84 Å². The van der Waals surface area contributed by atoms with Crippen LogP contribution in [0.3, 0.4) is 0 Å². The molecule has 2 N–H and O–H groups in total. The van der Waals surface area contributed by atoms with E-state index < -0.39 is 16.3 Å². The van der Waals surface area contributed by atoms with Gasteiger partial charge in [0.1, 0.15) is 0 Å². The molecule has 1 atom stereocenters. The lowest BCUT2D eigenvalue weighted by Crippen LogP contribution is -2.48. The smallest absolute Gasteiger partial charge is 0.279 e. The van der Waals surface area contributed by atoms with Gasteiger partial charge in [-0.15, -0.1) is 0 Å². The largest absolute Gasteiger partial charge is 0.391 e. The van der Waals surface area contributed by atoms with Crippen LogP contribution in [0.5, 0.6) is 0 Å². The van der Waals surface area contributed by atoms with E-state index >= 15 is 0 Å². The molecular weight excluding hydrogens is 232 g/mol. The third-order valence-corrected chi connectivity index (χ3v) is 4.53. The summed E-state index contributed by atoms with van der Waals surface area (Å²) < 4.78 is 32.4. The van der Waals surface area contributed by atoms with Crippen molar-refractivity contribution < 1.29 is 18.3 Å². The molecule has 1 aliphatic carbocycles. The Kier molecular flexibility index (Phi) is 3.81. The number of morpholine rings is 1. The van der Waals surface area contributed by atoms with Crippen LogP contribution in [-0.2, 0) is 14.9 Å². The maximum Gasteiger partial charge on any atom is 0.279 e. The van der Waals surface area contributed by atoms with E-state index in [0.29, 0.717) is 26.3 Å². The first kappa shape index (κ1) is 12.3. The van der Waals surface area contributed by atoms with Crippen molar-refractivity contribution >= 4 is 10.2 Å². The summed E-state index contributed by atoms with van der Waals surface area (Å²) in [6.45, 7) is 1.76. The summed E-state index contributed by atoms with van der Waals surface area (Å²) in [5.41, 5.74) is 0. The van der Waals surface area contributed by atoms with Crippen molar-refractivity contribution in [3.8, 4) is 0 Å². The van der Waals surface area contributed by atoms with Gasteiger partial charge in [0, 0.05) is 19.6 Å². The number of hydrogen-bond donors (Lipinski definition) is 2. The van der Waals surface area contributed by atoms with Crippen molar-refractivity contribution in [2.24, 2.45) is 5.92 Å². The summed E-state index contributed by atoms with van der Waals surface area (Å²) in [6, 6.07) is 0. The van der Waals surface area contributed by atoms with Crippen molar-refractivity contribution in [2.75, 3.05) is 32.8 Å². The van der Waals surface area contributed by atoms with Crippen molar-refractivity contribution in [1.29, 1.82) is 0 Å². The van der Waals surface area contributed by atoms with E-state index in [1.165, 1.54) is 4.31 Å². The van der Waals surface area contributed by atoms with Gasteiger partial charge in [0.2, 0.25) is 0 Å². The van der Waals surface area contributed by atoms with E-state index in [2.05, 4.69) is 4.72 Å². The van der Waals surface area contributed by atoms with E-state index in [-0.39, 0.29) is 12.5 Å². The highest BCUT2D eigenvalue weighted by Crippen LogP contribution is 2.32. The summed E-state index contributed by atoms with van der Waals surface area (Å²) in [5.74, 6) is 0.285. The Bertz CT molecular complexity index is 322. The monoisotopic (exact) mass is 250 g/mol. The molecule has 2 fully saturated rings. The van der Waals surface area contributed by atoms with E-state index in [9.17, 15) is 13.5 Å². The number of nitrogens with zero attached hydrogens (tertiary/aromatic N) is 1. The van der Waals surface area contributed by atoms with Crippen LogP contribution in [0, 0.1) is 5.92 Å². The Morgan fingerprint density at radius 1 is 1.38 bits per heavy atom. The summed E-state index contributed by atoms with van der Waals surface area (Å²) >= 11 is 0. The number of rotatable bonds is 5. The second-order valence-corrected chi connectivity index (χ2v) is 6.02. The lowest BCUT2D eigenvalue weighted by Gasteiger charge is -2.26. The first-order chi connectivity index (χ1) is 7.59. The molecule has 1 heterocycles. The molecule has 1 unspecified atom stereocenters. The number of nitrogens with one attached hydrogen (secondary N) is 1. The van der Waals surface area contributed by atoms with Crippen LogP contribution in [0.15, 0.2) is 0 Å². The summed E-state index contributed by atoms with van der Waals surface area (Å²) in [6.07, 6.45) is 1.46. The van der Waals surface area contributed by atoms with Crippen LogP contribution in [0.2, 0.25) is 0 Å². The number of aliphatic hydroxyl groups is 1. The van der Waals surface area contributed by atoms with Gasteiger partial charge in [-0.25, -0.2) is 0 Å². The Balaban J connectivity index is 1.81. The average molecular weight is 250 g/mol. The van der Waals surface area contributed by atoms with E-state index in [1.807, 2.05) is 0 Å². The molecule has 1 aliphatic heterocycles. The van der Waals surface area contributed by atoms with Crippen LogP contribution in [0.25, 0.3) is 0 Å². The SMILES string of the molecule is O=S(=O)(NCC(O)C1CC1)N1CCOCC1. The minimum atomic E-state index is -3.44. The van der Waals surface area contributed by atoms with Crippen molar-refractivity contribution in [3.63, 3.8) is 0 Å². The van der Waals surface area contributed by atoms with Crippen LogP contribution in [0.4, 0.5) is 0 Å². The van der Waals surface area contributed by atoms with Crippen molar-refractivity contribution in [2.45, 2.75) is 18.9 Å². The summed E-state index contributed by atoms with van der Waals surface area (Å²) in [7, 11) is -3.44. The topological polar surface area (TPSA) is 78.9 Å². The zero-order valence-electron chi connectivity index (χ0n) is 9.13. The van der Waals surface area contributed by atoms with Gasteiger partial charge in [-0.2, -0.15) is 17.4 Å².